The van der Waals surface area contributed by atoms with Gasteiger partial charge in [0.1, 0.15) is 24.2 Å². The highest BCUT2D eigenvalue weighted by Gasteiger charge is 2.21. The van der Waals surface area contributed by atoms with Crippen molar-refractivity contribution >= 4 is 11.5 Å². The fraction of sp³-hybridized carbons (Fsp3) is 0.367. The van der Waals surface area contributed by atoms with Crippen LogP contribution in [0.2, 0.25) is 0 Å². The Morgan fingerprint density at radius 2 is 1.69 bits per heavy atom. The molecular weight excluding hydrogens is 452 g/mol. The Morgan fingerprint density at radius 1 is 0.972 bits per heavy atom. The number of piperazine rings is 1. The van der Waals surface area contributed by atoms with Gasteiger partial charge in [0.25, 0.3) is 0 Å². The molecule has 3 aromatic rings. The van der Waals surface area contributed by atoms with Crippen LogP contribution in [0.15, 0.2) is 72.8 Å². The second-order valence-electron chi connectivity index (χ2n) is 9.31. The SMILES string of the molecule is COc1ccc(C(=O)CCc2ccccc2)c(OC[C@H](O)CN2CCN(c3ccccc3C)CC2)c1. The zero-order valence-electron chi connectivity index (χ0n) is 21.2. The predicted molar refractivity (Wildman–Crippen MR) is 143 cm³/mol. The van der Waals surface area contributed by atoms with Gasteiger partial charge in [-0.05, 0) is 42.7 Å². The molecule has 1 fully saturated rings. The number of nitrogens with zero attached hydrogens (tertiary/aromatic N) is 2. The first kappa shape index (κ1) is 25.7. The number of aryl methyl sites for hydroxylation is 2. The van der Waals surface area contributed by atoms with Crippen LogP contribution in [0.4, 0.5) is 5.69 Å². The van der Waals surface area contributed by atoms with Crippen molar-refractivity contribution < 1.29 is 19.4 Å². The zero-order chi connectivity index (χ0) is 25.3. The standard InChI is InChI=1S/C30H36N2O4/c1-23-8-6-7-11-28(23)32-18-16-31(17-19-32)21-25(33)22-36-30-20-26(35-2)13-14-27(30)29(34)15-12-24-9-4-3-5-10-24/h3-11,13-14,20,25,33H,12,15-19,21-22H2,1-2H3/t25-/m1/s1. The topological polar surface area (TPSA) is 62.2 Å². The number of methoxy groups -OCH3 is 1. The molecule has 0 spiro atoms. The van der Waals surface area contributed by atoms with Crippen LogP contribution in [0.3, 0.4) is 0 Å². The monoisotopic (exact) mass is 488 g/mol. The molecule has 6 heteroatoms. The number of benzene rings is 3. The van der Waals surface area contributed by atoms with E-state index in [1.807, 2.05) is 30.3 Å². The zero-order valence-corrected chi connectivity index (χ0v) is 21.2. The second kappa shape index (κ2) is 12.6. The fourth-order valence-corrected chi connectivity index (χ4v) is 4.64. The number of aliphatic hydroxyl groups excluding tert-OH is 1. The van der Waals surface area contributed by atoms with Gasteiger partial charge in [0.05, 0.1) is 12.7 Å². The summed E-state index contributed by atoms with van der Waals surface area (Å²) >= 11 is 0. The van der Waals surface area contributed by atoms with Crippen molar-refractivity contribution in [1.82, 2.24) is 4.90 Å². The number of carbonyl (C=O) groups excluding carboxylic acids is 1. The van der Waals surface area contributed by atoms with Crippen LogP contribution in [0.5, 0.6) is 11.5 Å². The van der Waals surface area contributed by atoms with Crippen molar-refractivity contribution in [2.45, 2.75) is 25.9 Å². The summed E-state index contributed by atoms with van der Waals surface area (Å²) in [6.45, 7) is 6.40. The van der Waals surface area contributed by atoms with Crippen LogP contribution >= 0.6 is 0 Å². The number of hydrogen-bond acceptors (Lipinski definition) is 6. The number of para-hydroxylation sites is 1. The summed E-state index contributed by atoms with van der Waals surface area (Å²) in [7, 11) is 1.58. The molecular formula is C30H36N2O4. The van der Waals surface area contributed by atoms with Gasteiger partial charge in [0, 0.05) is 50.9 Å². The third-order valence-corrected chi connectivity index (χ3v) is 6.70. The molecule has 0 amide bonds. The lowest BCUT2D eigenvalue weighted by molar-refractivity contribution is 0.0654. The molecule has 1 aliphatic heterocycles. The lowest BCUT2D eigenvalue weighted by atomic mass is 10.0. The Morgan fingerprint density at radius 3 is 2.42 bits per heavy atom. The van der Waals surface area contributed by atoms with Crippen molar-refractivity contribution in [3.8, 4) is 11.5 Å². The molecule has 1 heterocycles. The van der Waals surface area contributed by atoms with Crippen LogP contribution in [0.25, 0.3) is 0 Å². The minimum Gasteiger partial charge on any atom is -0.497 e. The van der Waals surface area contributed by atoms with E-state index in [-0.39, 0.29) is 12.4 Å². The lowest BCUT2D eigenvalue weighted by Gasteiger charge is -2.37. The number of β-amino-alcohol motifs (C(OH)–C–C–N with tert-alkyl or cyclic N) is 1. The van der Waals surface area contributed by atoms with Gasteiger partial charge in [-0.15, -0.1) is 0 Å². The van der Waals surface area contributed by atoms with E-state index in [0.717, 1.165) is 31.7 Å². The van der Waals surface area contributed by atoms with E-state index in [9.17, 15) is 9.90 Å². The molecule has 0 radical (unpaired) electrons. The van der Waals surface area contributed by atoms with Crippen molar-refractivity contribution in [2.75, 3.05) is 51.3 Å². The Labute approximate surface area is 214 Å². The number of ketones is 1. The summed E-state index contributed by atoms with van der Waals surface area (Å²) < 4.78 is 11.3. The maximum Gasteiger partial charge on any atom is 0.166 e. The van der Waals surface area contributed by atoms with E-state index in [0.29, 0.717) is 36.4 Å². The Hall–Kier alpha value is -3.35. The van der Waals surface area contributed by atoms with Gasteiger partial charge in [0.15, 0.2) is 5.78 Å². The number of aliphatic hydroxyl groups is 1. The number of hydrogen-bond donors (Lipinski definition) is 1. The van der Waals surface area contributed by atoms with Crippen LogP contribution in [0.1, 0.15) is 27.9 Å². The number of anilines is 1. The third kappa shape index (κ3) is 6.86. The van der Waals surface area contributed by atoms with Gasteiger partial charge >= 0.3 is 0 Å². The summed E-state index contributed by atoms with van der Waals surface area (Å²) in [5, 5.41) is 10.7. The summed E-state index contributed by atoms with van der Waals surface area (Å²) in [5.74, 6) is 1.08. The van der Waals surface area contributed by atoms with E-state index in [1.165, 1.54) is 11.3 Å². The number of rotatable bonds is 11. The van der Waals surface area contributed by atoms with Crippen molar-refractivity contribution in [3.63, 3.8) is 0 Å². The van der Waals surface area contributed by atoms with Crippen LogP contribution in [0, 0.1) is 6.92 Å². The van der Waals surface area contributed by atoms with Crippen molar-refractivity contribution in [2.24, 2.45) is 0 Å². The largest absolute Gasteiger partial charge is 0.497 e. The van der Waals surface area contributed by atoms with E-state index >= 15 is 0 Å². The molecule has 1 aliphatic rings. The smallest absolute Gasteiger partial charge is 0.166 e. The normalized spacial score (nSPS) is 14.9. The highest BCUT2D eigenvalue weighted by atomic mass is 16.5. The maximum atomic E-state index is 13.0. The highest BCUT2D eigenvalue weighted by molar-refractivity contribution is 5.99. The van der Waals surface area contributed by atoms with Gasteiger partial charge in [-0.25, -0.2) is 0 Å². The summed E-state index contributed by atoms with van der Waals surface area (Å²) in [5.41, 5.74) is 4.21. The van der Waals surface area contributed by atoms with E-state index in [1.54, 1.807) is 25.3 Å². The molecule has 0 unspecified atom stereocenters. The molecule has 0 aromatic heterocycles. The lowest BCUT2D eigenvalue weighted by Crippen LogP contribution is -2.49. The Bertz CT molecular complexity index is 1130. The van der Waals surface area contributed by atoms with Crippen LogP contribution in [-0.2, 0) is 6.42 Å². The minimum absolute atomic E-state index is 0.0123. The molecule has 0 bridgehead atoms. The van der Waals surface area contributed by atoms with Gasteiger partial charge in [-0.3, -0.25) is 9.69 Å². The number of Topliss-reactive ketones (excluding diaryl/α,β-unsaturated/α-hetero) is 1. The minimum atomic E-state index is -0.659. The van der Waals surface area contributed by atoms with Crippen molar-refractivity contribution in [3.05, 3.63) is 89.5 Å². The summed E-state index contributed by atoms with van der Waals surface area (Å²) in [6, 6.07) is 23.7. The molecule has 0 aliphatic carbocycles. The highest BCUT2D eigenvalue weighted by Crippen LogP contribution is 2.27. The molecule has 0 saturated carbocycles. The summed E-state index contributed by atoms with van der Waals surface area (Å²) in [4.78, 5) is 17.6. The average Bonchev–Trinajstić information content (AvgIpc) is 2.92. The van der Waals surface area contributed by atoms with Gasteiger partial charge in [-0.2, -0.15) is 0 Å². The van der Waals surface area contributed by atoms with Crippen LogP contribution < -0.4 is 14.4 Å². The van der Waals surface area contributed by atoms with Gasteiger partial charge < -0.3 is 19.5 Å². The molecule has 6 nitrogen and oxygen atoms in total. The predicted octanol–water partition coefficient (Wildman–Crippen LogP) is 4.38. The maximum absolute atomic E-state index is 13.0. The van der Waals surface area contributed by atoms with Gasteiger partial charge in [0.2, 0.25) is 0 Å². The van der Waals surface area contributed by atoms with Crippen LogP contribution in [-0.4, -0.2) is 68.3 Å². The third-order valence-electron chi connectivity index (χ3n) is 6.70. The molecule has 1 saturated heterocycles. The number of ether oxygens (including phenoxy) is 2. The molecule has 1 atom stereocenters. The Balaban J connectivity index is 1.30. The van der Waals surface area contributed by atoms with E-state index in [2.05, 4.69) is 41.0 Å². The summed E-state index contributed by atoms with van der Waals surface area (Å²) in [6.07, 6.45) is 0.399. The average molecular weight is 489 g/mol. The molecule has 1 N–H and O–H groups in total. The Kier molecular flexibility index (Phi) is 8.98. The van der Waals surface area contributed by atoms with E-state index in [4.69, 9.17) is 9.47 Å². The first-order valence-electron chi connectivity index (χ1n) is 12.6. The number of carbonyl (C=O) groups is 1. The molecule has 4 rings (SSSR count). The fourth-order valence-electron chi connectivity index (χ4n) is 4.64. The van der Waals surface area contributed by atoms with Gasteiger partial charge in [-0.1, -0.05) is 48.5 Å². The molecule has 36 heavy (non-hydrogen) atoms. The molecule has 190 valence electrons. The first-order valence-corrected chi connectivity index (χ1v) is 12.6. The second-order valence-corrected chi connectivity index (χ2v) is 9.31. The quantitative estimate of drug-likeness (QED) is 0.404. The first-order chi connectivity index (χ1) is 17.5. The van der Waals surface area contributed by atoms with E-state index < -0.39 is 6.10 Å². The molecule has 3 aromatic carbocycles. The van der Waals surface area contributed by atoms with Crippen molar-refractivity contribution in [1.29, 1.82) is 0 Å².